The molecule has 2 amide bonds. The van der Waals surface area contributed by atoms with E-state index in [1.54, 1.807) is 25.2 Å². The maximum atomic E-state index is 12.7. The van der Waals surface area contributed by atoms with E-state index in [1.165, 1.54) is 11.3 Å². The van der Waals surface area contributed by atoms with Gasteiger partial charge in [0, 0.05) is 43.8 Å². The number of amides is 2. The van der Waals surface area contributed by atoms with Crippen LogP contribution in [0.5, 0.6) is 0 Å². The van der Waals surface area contributed by atoms with Crippen molar-refractivity contribution in [2.45, 2.75) is 31.7 Å². The van der Waals surface area contributed by atoms with E-state index in [9.17, 15) is 9.59 Å². The number of rotatable bonds is 5. The molecule has 0 aromatic carbocycles. The van der Waals surface area contributed by atoms with Crippen LogP contribution in [0.25, 0.3) is 0 Å². The molecule has 5 nitrogen and oxygen atoms in total. The first-order valence-electron chi connectivity index (χ1n) is 8.57. The standard InChI is InChI=1S/C19H23N3O2S/c1-21(2)19(24)17-10-9-16(25-17)15-7-5-13-22(15)18(23)11-8-14-6-3-4-12-20-14/h3-4,6,9-10,12,15H,5,7-8,11,13H2,1-2H3. The fourth-order valence-electron chi connectivity index (χ4n) is 3.15. The highest BCUT2D eigenvalue weighted by Crippen LogP contribution is 2.36. The van der Waals surface area contributed by atoms with Crippen molar-refractivity contribution in [3.63, 3.8) is 0 Å². The van der Waals surface area contributed by atoms with Gasteiger partial charge in [0.15, 0.2) is 0 Å². The Kier molecular flexibility index (Phi) is 5.48. The molecule has 0 bridgehead atoms. The molecule has 0 N–H and O–H groups in total. The van der Waals surface area contributed by atoms with Gasteiger partial charge in [-0.15, -0.1) is 11.3 Å². The van der Waals surface area contributed by atoms with E-state index in [2.05, 4.69) is 4.98 Å². The zero-order chi connectivity index (χ0) is 17.8. The summed E-state index contributed by atoms with van der Waals surface area (Å²) in [6.45, 7) is 0.792. The molecule has 25 heavy (non-hydrogen) atoms. The summed E-state index contributed by atoms with van der Waals surface area (Å²) in [7, 11) is 3.51. The smallest absolute Gasteiger partial charge is 0.263 e. The van der Waals surface area contributed by atoms with Crippen molar-refractivity contribution in [3.05, 3.63) is 52.0 Å². The molecule has 1 saturated heterocycles. The molecule has 1 atom stereocenters. The summed E-state index contributed by atoms with van der Waals surface area (Å²) in [5.74, 6) is 0.185. The first kappa shape index (κ1) is 17.6. The summed E-state index contributed by atoms with van der Waals surface area (Å²) in [5, 5.41) is 0. The molecule has 2 aromatic rings. The number of carbonyl (C=O) groups is 2. The van der Waals surface area contributed by atoms with Crippen LogP contribution in [-0.4, -0.2) is 47.2 Å². The first-order valence-corrected chi connectivity index (χ1v) is 9.38. The van der Waals surface area contributed by atoms with Gasteiger partial charge in [0.1, 0.15) is 0 Å². The van der Waals surface area contributed by atoms with Crippen LogP contribution in [0.15, 0.2) is 36.5 Å². The second kappa shape index (κ2) is 7.78. The average molecular weight is 357 g/mol. The van der Waals surface area contributed by atoms with Crippen molar-refractivity contribution in [1.82, 2.24) is 14.8 Å². The Labute approximate surface area is 152 Å². The Hall–Kier alpha value is -2.21. The van der Waals surface area contributed by atoms with Crippen LogP contribution in [0.3, 0.4) is 0 Å². The number of aryl methyl sites for hydroxylation is 1. The zero-order valence-corrected chi connectivity index (χ0v) is 15.5. The SMILES string of the molecule is CN(C)C(=O)c1ccc(C2CCCN2C(=O)CCc2ccccn2)s1. The van der Waals surface area contributed by atoms with Crippen molar-refractivity contribution in [2.75, 3.05) is 20.6 Å². The highest BCUT2D eigenvalue weighted by atomic mass is 32.1. The van der Waals surface area contributed by atoms with Gasteiger partial charge in [0.2, 0.25) is 5.91 Å². The van der Waals surface area contributed by atoms with E-state index in [1.807, 2.05) is 35.2 Å². The van der Waals surface area contributed by atoms with Crippen molar-refractivity contribution in [2.24, 2.45) is 0 Å². The third-order valence-electron chi connectivity index (χ3n) is 4.47. The summed E-state index contributed by atoms with van der Waals surface area (Å²) >= 11 is 1.50. The van der Waals surface area contributed by atoms with Gasteiger partial charge in [0.05, 0.1) is 10.9 Å². The summed E-state index contributed by atoms with van der Waals surface area (Å²) in [5.41, 5.74) is 0.946. The molecule has 1 fully saturated rings. The molecule has 1 aliphatic rings. The molecule has 0 aliphatic carbocycles. The Morgan fingerprint density at radius 1 is 1.28 bits per heavy atom. The second-order valence-corrected chi connectivity index (χ2v) is 7.58. The molecule has 1 unspecified atom stereocenters. The molecule has 3 rings (SSSR count). The summed E-state index contributed by atoms with van der Waals surface area (Å²) in [6, 6.07) is 9.75. The van der Waals surface area contributed by atoms with Gasteiger partial charge in [-0.2, -0.15) is 0 Å². The lowest BCUT2D eigenvalue weighted by Gasteiger charge is -2.24. The van der Waals surface area contributed by atoms with Gasteiger partial charge < -0.3 is 9.80 Å². The minimum Gasteiger partial charge on any atom is -0.344 e. The maximum Gasteiger partial charge on any atom is 0.263 e. The molecule has 0 saturated carbocycles. The van der Waals surface area contributed by atoms with E-state index in [0.717, 1.165) is 34.8 Å². The number of hydrogen-bond donors (Lipinski definition) is 0. The van der Waals surface area contributed by atoms with Gasteiger partial charge in [-0.05, 0) is 43.5 Å². The van der Waals surface area contributed by atoms with Crippen LogP contribution in [0.2, 0.25) is 0 Å². The quantitative estimate of drug-likeness (QED) is 0.826. The maximum absolute atomic E-state index is 12.7. The third-order valence-corrected chi connectivity index (χ3v) is 5.64. The van der Waals surface area contributed by atoms with Gasteiger partial charge in [0.25, 0.3) is 5.91 Å². The normalized spacial score (nSPS) is 16.9. The number of carbonyl (C=O) groups excluding carboxylic acids is 2. The van der Waals surface area contributed by atoms with E-state index < -0.39 is 0 Å². The molecular formula is C19H23N3O2S. The van der Waals surface area contributed by atoms with Crippen LogP contribution in [0, 0.1) is 0 Å². The molecule has 0 radical (unpaired) electrons. The van der Waals surface area contributed by atoms with E-state index in [4.69, 9.17) is 0 Å². The van der Waals surface area contributed by atoms with Crippen LogP contribution in [0.1, 0.15) is 45.5 Å². The topological polar surface area (TPSA) is 53.5 Å². The fourth-order valence-corrected chi connectivity index (χ4v) is 4.33. The molecule has 3 heterocycles. The predicted molar refractivity (Wildman–Crippen MR) is 98.6 cm³/mol. The molecular weight excluding hydrogens is 334 g/mol. The van der Waals surface area contributed by atoms with Crippen molar-refractivity contribution >= 4 is 23.2 Å². The lowest BCUT2D eigenvalue weighted by Crippen LogP contribution is -2.30. The van der Waals surface area contributed by atoms with Crippen LogP contribution in [0.4, 0.5) is 0 Å². The number of aromatic nitrogens is 1. The largest absolute Gasteiger partial charge is 0.344 e. The molecule has 0 spiro atoms. The van der Waals surface area contributed by atoms with Gasteiger partial charge in [-0.1, -0.05) is 6.07 Å². The van der Waals surface area contributed by atoms with Gasteiger partial charge >= 0.3 is 0 Å². The lowest BCUT2D eigenvalue weighted by molar-refractivity contribution is -0.132. The highest BCUT2D eigenvalue weighted by molar-refractivity contribution is 7.14. The second-order valence-electron chi connectivity index (χ2n) is 6.47. The van der Waals surface area contributed by atoms with Crippen LogP contribution < -0.4 is 0 Å². The minimum absolute atomic E-state index is 0.0160. The average Bonchev–Trinajstić information content (AvgIpc) is 3.28. The van der Waals surface area contributed by atoms with Gasteiger partial charge in [-0.25, -0.2) is 0 Å². The van der Waals surface area contributed by atoms with E-state index in [-0.39, 0.29) is 17.9 Å². The van der Waals surface area contributed by atoms with Crippen LogP contribution in [-0.2, 0) is 11.2 Å². The highest BCUT2D eigenvalue weighted by Gasteiger charge is 2.31. The first-order chi connectivity index (χ1) is 12.1. The lowest BCUT2D eigenvalue weighted by atomic mass is 10.1. The Morgan fingerprint density at radius 2 is 2.12 bits per heavy atom. The van der Waals surface area contributed by atoms with Crippen molar-refractivity contribution in [1.29, 1.82) is 0 Å². The molecule has 1 aliphatic heterocycles. The van der Waals surface area contributed by atoms with Crippen molar-refractivity contribution < 1.29 is 9.59 Å². The number of thiophene rings is 1. The fraction of sp³-hybridized carbons (Fsp3) is 0.421. The monoisotopic (exact) mass is 357 g/mol. The Bertz CT molecular complexity index is 742. The summed E-state index contributed by atoms with van der Waals surface area (Å²) in [4.78, 5) is 34.4. The predicted octanol–water partition coefficient (Wildman–Crippen LogP) is 3.14. The number of hydrogen-bond acceptors (Lipinski definition) is 4. The number of pyridine rings is 1. The molecule has 2 aromatic heterocycles. The third kappa shape index (κ3) is 4.07. The Morgan fingerprint density at radius 3 is 2.84 bits per heavy atom. The zero-order valence-electron chi connectivity index (χ0n) is 14.6. The summed E-state index contributed by atoms with van der Waals surface area (Å²) < 4.78 is 0. The molecule has 132 valence electrons. The van der Waals surface area contributed by atoms with E-state index >= 15 is 0 Å². The van der Waals surface area contributed by atoms with Crippen LogP contribution >= 0.6 is 11.3 Å². The number of likely N-dealkylation sites (tertiary alicyclic amines) is 1. The minimum atomic E-state index is 0.0160. The number of nitrogens with zero attached hydrogens (tertiary/aromatic N) is 3. The summed E-state index contributed by atoms with van der Waals surface area (Å²) in [6.07, 6.45) is 4.87. The Balaban J connectivity index is 1.66. The molecule has 6 heteroatoms. The van der Waals surface area contributed by atoms with E-state index in [0.29, 0.717) is 12.8 Å². The van der Waals surface area contributed by atoms with Crippen molar-refractivity contribution in [3.8, 4) is 0 Å². The van der Waals surface area contributed by atoms with Gasteiger partial charge in [-0.3, -0.25) is 14.6 Å².